The number of rotatable bonds is 3. The average molecular weight is 334 g/mol. The van der Waals surface area contributed by atoms with Gasteiger partial charge in [-0.25, -0.2) is 4.98 Å². The quantitative estimate of drug-likeness (QED) is 0.732. The van der Waals surface area contributed by atoms with E-state index in [1.54, 1.807) is 0 Å². The summed E-state index contributed by atoms with van der Waals surface area (Å²) >= 11 is 0. The molecule has 1 aliphatic carbocycles. The molecule has 0 atom stereocenters. The van der Waals surface area contributed by atoms with Crippen LogP contribution in [0.1, 0.15) is 54.9 Å². The smallest absolute Gasteiger partial charge is 0.229 e. The van der Waals surface area contributed by atoms with Crippen molar-refractivity contribution < 1.29 is 4.52 Å². The zero-order chi connectivity index (χ0) is 16.8. The molecule has 0 N–H and O–H groups in total. The van der Waals surface area contributed by atoms with Gasteiger partial charge < -0.3 is 9.42 Å². The lowest BCUT2D eigenvalue weighted by Gasteiger charge is -2.30. The highest BCUT2D eigenvalue weighted by Gasteiger charge is 2.32. The maximum Gasteiger partial charge on any atom is 0.229 e. The van der Waals surface area contributed by atoms with Gasteiger partial charge in [0.2, 0.25) is 5.89 Å². The number of anilines is 1. The van der Waals surface area contributed by atoms with Crippen LogP contribution in [0.5, 0.6) is 0 Å². The Hall–Kier alpha value is -2.88. The molecular weight excluding hydrogens is 316 g/mol. The number of nitrogens with zero attached hydrogens (tertiary/aromatic N) is 6. The number of piperidine rings is 1. The minimum absolute atomic E-state index is 0.329. The van der Waals surface area contributed by atoms with E-state index >= 15 is 0 Å². The molecule has 5 rings (SSSR count). The Labute approximate surface area is 144 Å². The van der Waals surface area contributed by atoms with Crippen molar-refractivity contribution in [1.29, 1.82) is 5.26 Å². The van der Waals surface area contributed by atoms with Gasteiger partial charge >= 0.3 is 0 Å². The molecular formula is C18H18N6O. The van der Waals surface area contributed by atoms with E-state index in [-0.39, 0.29) is 0 Å². The fourth-order valence-corrected chi connectivity index (χ4v) is 3.57. The van der Waals surface area contributed by atoms with Crippen LogP contribution < -0.4 is 4.90 Å². The van der Waals surface area contributed by atoms with Crippen molar-refractivity contribution in [3.63, 3.8) is 0 Å². The van der Waals surface area contributed by atoms with Gasteiger partial charge in [0.05, 0.1) is 0 Å². The molecule has 0 bridgehead atoms. The number of imidazole rings is 1. The molecule has 7 nitrogen and oxygen atoms in total. The first kappa shape index (κ1) is 14.5. The molecule has 0 spiro atoms. The standard InChI is InChI=1S/C18H18N6O/c19-11-14-17(20-15-3-1-2-8-24(14)15)23-9-6-12(7-10-23)16-21-18(25-22-16)13-4-5-13/h1-3,8,12-13H,4-7,9-10H2. The van der Waals surface area contributed by atoms with Gasteiger partial charge in [0.25, 0.3) is 0 Å². The molecule has 0 amide bonds. The second kappa shape index (κ2) is 5.59. The third-order valence-corrected chi connectivity index (χ3v) is 5.16. The predicted octanol–water partition coefficient (Wildman–Crippen LogP) is 2.85. The van der Waals surface area contributed by atoms with Crippen molar-refractivity contribution in [2.24, 2.45) is 0 Å². The maximum absolute atomic E-state index is 9.56. The first-order chi connectivity index (χ1) is 12.3. The molecule has 1 saturated heterocycles. The topological polar surface area (TPSA) is 83.2 Å². The molecule has 0 radical (unpaired) electrons. The maximum atomic E-state index is 9.56. The SMILES string of the molecule is N#Cc1c(N2CCC(c3noc(C4CC4)n3)CC2)nc2ccccn12. The van der Waals surface area contributed by atoms with Gasteiger partial charge in [-0.2, -0.15) is 10.2 Å². The first-order valence-electron chi connectivity index (χ1n) is 8.79. The van der Waals surface area contributed by atoms with Crippen molar-refractivity contribution in [1.82, 2.24) is 19.5 Å². The zero-order valence-corrected chi connectivity index (χ0v) is 13.8. The average Bonchev–Trinajstić information content (AvgIpc) is 3.27. The van der Waals surface area contributed by atoms with E-state index in [0.717, 1.165) is 49.1 Å². The van der Waals surface area contributed by atoms with Crippen LogP contribution in [0.4, 0.5) is 5.82 Å². The van der Waals surface area contributed by atoms with Crippen LogP contribution >= 0.6 is 0 Å². The van der Waals surface area contributed by atoms with Crippen LogP contribution in [0.2, 0.25) is 0 Å². The molecule has 1 aliphatic heterocycles. The summed E-state index contributed by atoms with van der Waals surface area (Å²) < 4.78 is 7.25. The lowest BCUT2D eigenvalue weighted by molar-refractivity contribution is 0.364. The molecule has 2 aliphatic rings. The fraction of sp³-hybridized carbons (Fsp3) is 0.444. The van der Waals surface area contributed by atoms with Gasteiger partial charge in [0, 0.05) is 31.1 Å². The molecule has 3 aromatic rings. The zero-order valence-electron chi connectivity index (χ0n) is 13.8. The minimum atomic E-state index is 0.329. The Morgan fingerprint density at radius 3 is 2.68 bits per heavy atom. The Bertz CT molecular complexity index is 956. The highest BCUT2D eigenvalue weighted by molar-refractivity contribution is 5.60. The largest absolute Gasteiger partial charge is 0.354 e. The Kier molecular flexibility index (Phi) is 3.23. The van der Waals surface area contributed by atoms with Crippen LogP contribution in [-0.4, -0.2) is 32.6 Å². The number of pyridine rings is 1. The normalized spacial score (nSPS) is 18.6. The lowest BCUT2D eigenvalue weighted by Crippen LogP contribution is -2.34. The third-order valence-electron chi connectivity index (χ3n) is 5.16. The summed E-state index contributed by atoms with van der Waals surface area (Å²) in [6, 6.07) is 8.08. The van der Waals surface area contributed by atoms with Gasteiger partial charge in [0.1, 0.15) is 11.7 Å². The van der Waals surface area contributed by atoms with Gasteiger partial charge in [-0.1, -0.05) is 11.2 Å². The van der Waals surface area contributed by atoms with Gasteiger partial charge in [-0.3, -0.25) is 4.40 Å². The minimum Gasteiger partial charge on any atom is -0.354 e. The predicted molar refractivity (Wildman–Crippen MR) is 90.4 cm³/mol. The highest BCUT2D eigenvalue weighted by Crippen LogP contribution is 2.40. The molecule has 126 valence electrons. The summed E-state index contributed by atoms with van der Waals surface area (Å²) in [7, 11) is 0. The lowest BCUT2D eigenvalue weighted by atomic mass is 9.96. The second-order valence-electron chi connectivity index (χ2n) is 6.85. The summed E-state index contributed by atoms with van der Waals surface area (Å²) in [6.07, 6.45) is 6.12. The van der Waals surface area contributed by atoms with Gasteiger partial charge in [-0.15, -0.1) is 0 Å². The van der Waals surface area contributed by atoms with Crippen LogP contribution in [0.15, 0.2) is 28.9 Å². The molecule has 1 saturated carbocycles. The summed E-state index contributed by atoms with van der Waals surface area (Å²) in [5, 5.41) is 13.7. The molecule has 0 unspecified atom stereocenters. The van der Waals surface area contributed by atoms with Crippen LogP contribution in [0, 0.1) is 11.3 Å². The van der Waals surface area contributed by atoms with Crippen molar-refractivity contribution in [2.75, 3.05) is 18.0 Å². The Balaban J connectivity index is 1.35. The van der Waals surface area contributed by atoms with Crippen LogP contribution in [0.25, 0.3) is 5.65 Å². The van der Waals surface area contributed by atoms with E-state index in [0.29, 0.717) is 17.5 Å². The molecule has 25 heavy (non-hydrogen) atoms. The van der Waals surface area contributed by atoms with E-state index in [4.69, 9.17) is 4.52 Å². The summed E-state index contributed by atoms with van der Waals surface area (Å²) in [5.74, 6) is 3.26. The van der Waals surface area contributed by atoms with E-state index in [1.165, 1.54) is 12.8 Å². The Morgan fingerprint density at radius 2 is 1.92 bits per heavy atom. The number of fused-ring (bicyclic) bond motifs is 1. The number of hydrogen-bond acceptors (Lipinski definition) is 6. The molecule has 0 aromatic carbocycles. The second-order valence-corrected chi connectivity index (χ2v) is 6.85. The molecule has 3 aromatic heterocycles. The molecule has 2 fully saturated rings. The molecule has 4 heterocycles. The molecule has 7 heteroatoms. The van der Waals surface area contributed by atoms with E-state index in [2.05, 4.69) is 26.1 Å². The van der Waals surface area contributed by atoms with Crippen molar-refractivity contribution in [3.8, 4) is 6.07 Å². The van der Waals surface area contributed by atoms with E-state index in [1.807, 2.05) is 28.8 Å². The van der Waals surface area contributed by atoms with E-state index in [9.17, 15) is 5.26 Å². The van der Waals surface area contributed by atoms with E-state index < -0.39 is 0 Å². The Morgan fingerprint density at radius 1 is 1.08 bits per heavy atom. The van der Waals surface area contributed by atoms with Crippen molar-refractivity contribution in [2.45, 2.75) is 37.5 Å². The fourth-order valence-electron chi connectivity index (χ4n) is 3.57. The summed E-state index contributed by atoms with van der Waals surface area (Å²) in [4.78, 5) is 11.4. The van der Waals surface area contributed by atoms with Gasteiger partial charge in [-0.05, 0) is 37.8 Å². The van der Waals surface area contributed by atoms with Crippen LogP contribution in [0.3, 0.4) is 0 Å². The summed E-state index contributed by atoms with van der Waals surface area (Å²) in [6.45, 7) is 1.69. The van der Waals surface area contributed by atoms with Gasteiger partial charge in [0.15, 0.2) is 17.3 Å². The van der Waals surface area contributed by atoms with Crippen LogP contribution in [-0.2, 0) is 0 Å². The number of nitriles is 1. The van der Waals surface area contributed by atoms with Crippen molar-refractivity contribution >= 4 is 11.5 Å². The van der Waals surface area contributed by atoms with Crippen molar-refractivity contribution in [3.05, 3.63) is 41.8 Å². The monoisotopic (exact) mass is 334 g/mol. The summed E-state index contributed by atoms with van der Waals surface area (Å²) in [5.41, 5.74) is 1.41. The first-order valence-corrected chi connectivity index (χ1v) is 8.79. The number of aromatic nitrogens is 4. The third kappa shape index (κ3) is 2.45. The highest BCUT2D eigenvalue weighted by atomic mass is 16.5. The number of hydrogen-bond donors (Lipinski definition) is 0.